The average molecular weight is 443 g/mol. The molecule has 0 aliphatic rings. The Hall–Kier alpha value is -3.67. The van der Waals surface area contributed by atoms with Gasteiger partial charge >= 0.3 is 0 Å². The molecule has 1 amide bonds. The lowest BCUT2D eigenvalue weighted by Gasteiger charge is -2.15. The molecule has 0 aliphatic heterocycles. The SMILES string of the molecule is CCc1ccc(-n2nc3cc(C)c(NC(=O)COc4cc(C)ccc4C(C)C)cc3n2)cc1. The van der Waals surface area contributed by atoms with Gasteiger partial charge in [-0.15, -0.1) is 10.2 Å². The monoisotopic (exact) mass is 442 g/mol. The lowest BCUT2D eigenvalue weighted by atomic mass is 10.0. The first-order chi connectivity index (χ1) is 15.8. The van der Waals surface area contributed by atoms with Crippen molar-refractivity contribution in [2.75, 3.05) is 11.9 Å². The standard InChI is InChI=1S/C27H30N4O2/c1-6-20-8-10-21(11-9-20)31-29-24-14-19(5)23(15-25(24)30-31)28-27(32)16-33-26-13-18(4)7-12-22(26)17(2)3/h7-15,17H,6,16H2,1-5H3,(H,28,32). The summed E-state index contributed by atoms with van der Waals surface area (Å²) in [5.74, 6) is 0.856. The summed E-state index contributed by atoms with van der Waals surface area (Å²) in [5.41, 5.74) is 7.49. The van der Waals surface area contributed by atoms with E-state index in [0.717, 1.165) is 45.6 Å². The van der Waals surface area contributed by atoms with Crippen molar-refractivity contribution in [1.82, 2.24) is 15.0 Å². The van der Waals surface area contributed by atoms with Crippen LogP contribution >= 0.6 is 0 Å². The highest BCUT2D eigenvalue weighted by molar-refractivity contribution is 5.95. The van der Waals surface area contributed by atoms with Gasteiger partial charge < -0.3 is 10.1 Å². The van der Waals surface area contributed by atoms with Crippen LogP contribution in [0.15, 0.2) is 54.6 Å². The van der Waals surface area contributed by atoms with Gasteiger partial charge in [0.25, 0.3) is 5.91 Å². The molecule has 0 unspecified atom stereocenters. The second-order valence-electron chi connectivity index (χ2n) is 8.70. The van der Waals surface area contributed by atoms with Crippen molar-refractivity contribution in [3.63, 3.8) is 0 Å². The van der Waals surface area contributed by atoms with Gasteiger partial charge in [0.1, 0.15) is 16.8 Å². The summed E-state index contributed by atoms with van der Waals surface area (Å²) in [7, 11) is 0. The Morgan fingerprint density at radius 2 is 1.70 bits per heavy atom. The molecule has 4 aromatic rings. The van der Waals surface area contributed by atoms with Gasteiger partial charge in [-0.1, -0.05) is 45.0 Å². The van der Waals surface area contributed by atoms with Gasteiger partial charge in [0.15, 0.2) is 6.61 Å². The van der Waals surface area contributed by atoms with E-state index < -0.39 is 0 Å². The van der Waals surface area contributed by atoms with Crippen molar-refractivity contribution in [3.8, 4) is 11.4 Å². The van der Waals surface area contributed by atoms with E-state index in [9.17, 15) is 4.79 Å². The molecular formula is C27H30N4O2. The second kappa shape index (κ2) is 9.45. The maximum absolute atomic E-state index is 12.6. The van der Waals surface area contributed by atoms with Crippen molar-refractivity contribution in [3.05, 3.63) is 76.9 Å². The third-order valence-corrected chi connectivity index (χ3v) is 5.73. The molecule has 3 aromatic carbocycles. The number of hydrogen-bond acceptors (Lipinski definition) is 4. The van der Waals surface area contributed by atoms with E-state index in [1.165, 1.54) is 5.56 Å². The number of fused-ring (bicyclic) bond motifs is 1. The number of anilines is 1. The van der Waals surface area contributed by atoms with E-state index in [1.54, 1.807) is 4.80 Å². The predicted octanol–water partition coefficient (Wildman–Crippen LogP) is 5.74. The number of hydrogen-bond donors (Lipinski definition) is 1. The molecule has 1 N–H and O–H groups in total. The van der Waals surface area contributed by atoms with E-state index in [0.29, 0.717) is 11.6 Å². The van der Waals surface area contributed by atoms with Crippen molar-refractivity contribution < 1.29 is 9.53 Å². The topological polar surface area (TPSA) is 69.0 Å². The molecule has 1 aromatic heterocycles. The molecule has 0 saturated heterocycles. The first-order valence-corrected chi connectivity index (χ1v) is 11.3. The van der Waals surface area contributed by atoms with Crippen LogP contribution in [-0.2, 0) is 11.2 Å². The summed E-state index contributed by atoms with van der Waals surface area (Å²) in [6, 6.07) is 18.1. The summed E-state index contributed by atoms with van der Waals surface area (Å²) in [5, 5.41) is 12.2. The molecule has 6 heteroatoms. The fourth-order valence-electron chi connectivity index (χ4n) is 3.76. The number of ether oxygens (including phenoxy) is 1. The Kier molecular flexibility index (Phi) is 6.45. The number of rotatable bonds is 7. The Balaban J connectivity index is 1.50. The molecule has 4 rings (SSSR count). The van der Waals surface area contributed by atoms with Crippen molar-refractivity contribution in [1.29, 1.82) is 0 Å². The minimum Gasteiger partial charge on any atom is -0.483 e. The van der Waals surface area contributed by atoms with E-state index >= 15 is 0 Å². The first-order valence-electron chi connectivity index (χ1n) is 11.3. The van der Waals surface area contributed by atoms with Gasteiger partial charge in [-0.2, -0.15) is 4.80 Å². The zero-order chi connectivity index (χ0) is 23.5. The van der Waals surface area contributed by atoms with Crippen LogP contribution in [0.3, 0.4) is 0 Å². The molecule has 170 valence electrons. The summed E-state index contributed by atoms with van der Waals surface area (Å²) < 4.78 is 5.88. The van der Waals surface area contributed by atoms with Crippen LogP contribution in [0.4, 0.5) is 5.69 Å². The van der Waals surface area contributed by atoms with E-state index in [-0.39, 0.29) is 12.5 Å². The van der Waals surface area contributed by atoms with Crippen molar-refractivity contribution >= 4 is 22.6 Å². The molecule has 33 heavy (non-hydrogen) atoms. The molecule has 0 saturated carbocycles. The first kappa shape index (κ1) is 22.5. The molecule has 6 nitrogen and oxygen atoms in total. The maximum Gasteiger partial charge on any atom is 0.262 e. The Labute approximate surface area is 194 Å². The van der Waals surface area contributed by atoms with Crippen molar-refractivity contribution in [2.45, 2.75) is 47.0 Å². The Morgan fingerprint density at radius 3 is 2.36 bits per heavy atom. The van der Waals surface area contributed by atoms with Crippen LogP contribution in [0.25, 0.3) is 16.7 Å². The lowest BCUT2D eigenvalue weighted by molar-refractivity contribution is -0.118. The Morgan fingerprint density at radius 1 is 1.00 bits per heavy atom. The van der Waals surface area contributed by atoms with E-state index in [2.05, 4.69) is 60.6 Å². The third kappa shape index (κ3) is 5.06. The fourth-order valence-corrected chi connectivity index (χ4v) is 3.76. The molecule has 0 atom stereocenters. The third-order valence-electron chi connectivity index (χ3n) is 5.73. The van der Waals surface area contributed by atoms with Gasteiger partial charge in [0.2, 0.25) is 0 Å². The minimum atomic E-state index is -0.212. The summed E-state index contributed by atoms with van der Waals surface area (Å²) in [6.07, 6.45) is 0.990. The molecule has 0 radical (unpaired) electrons. The highest BCUT2D eigenvalue weighted by atomic mass is 16.5. The number of nitrogens with one attached hydrogen (secondary N) is 1. The Bertz CT molecular complexity index is 1290. The summed E-state index contributed by atoms with van der Waals surface area (Å²) >= 11 is 0. The highest BCUT2D eigenvalue weighted by Crippen LogP contribution is 2.28. The average Bonchev–Trinajstić information content (AvgIpc) is 3.20. The number of aryl methyl sites for hydroxylation is 3. The summed E-state index contributed by atoms with van der Waals surface area (Å²) in [6.45, 7) is 10.3. The van der Waals surface area contributed by atoms with Crippen LogP contribution in [0.1, 0.15) is 48.9 Å². The van der Waals surface area contributed by atoms with Crippen LogP contribution in [0.5, 0.6) is 5.75 Å². The van der Waals surface area contributed by atoms with E-state index in [4.69, 9.17) is 4.74 Å². The largest absolute Gasteiger partial charge is 0.483 e. The number of carbonyl (C=O) groups excluding carboxylic acids is 1. The van der Waals surface area contributed by atoms with Crippen LogP contribution in [-0.4, -0.2) is 27.5 Å². The lowest BCUT2D eigenvalue weighted by Crippen LogP contribution is -2.21. The number of benzene rings is 3. The minimum absolute atomic E-state index is 0.0584. The molecule has 0 aliphatic carbocycles. The second-order valence-corrected chi connectivity index (χ2v) is 8.70. The molecule has 0 bridgehead atoms. The number of amides is 1. The van der Waals surface area contributed by atoms with Crippen molar-refractivity contribution in [2.24, 2.45) is 0 Å². The quantitative estimate of drug-likeness (QED) is 0.396. The summed E-state index contributed by atoms with van der Waals surface area (Å²) in [4.78, 5) is 14.3. The van der Waals surface area contributed by atoms with Gasteiger partial charge in [-0.05, 0) is 78.8 Å². The van der Waals surface area contributed by atoms with Gasteiger partial charge in [-0.25, -0.2) is 0 Å². The zero-order valence-corrected chi connectivity index (χ0v) is 19.8. The van der Waals surface area contributed by atoms with E-state index in [1.807, 2.05) is 44.2 Å². The predicted molar refractivity (Wildman–Crippen MR) is 132 cm³/mol. The maximum atomic E-state index is 12.6. The number of aromatic nitrogens is 3. The molecule has 0 spiro atoms. The van der Waals surface area contributed by atoms with Gasteiger partial charge in [-0.3, -0.25) is 4.79 Å². The van der Waals surface area contributed by atoms with Crippen LogP contribution < -0.4 is 10.1 Å². The molecular weight excluding hydrogens is 412 g/mol. The smallest absolute Gasteiger partial charge is 0.262 e. The van der Waals surface area contributed by atoms with Gasteiger partial charge in [0.05, 0.1) is 5.69 Å². The normalized spacial score (nSPS) is 11.2. The van der Waals surface area contributed by atoms with Crippen LogP contribution in [0, 0.1) is 13.8 Å². The van der Waals surface area contributed by atoms with Crippen LogP contribution in [0.2, 0.25) is 0 Å². The number of carbonyl (C=O) groups is 1. The zero-order valence-electron chi connectivity index (χ0n) is 19.8. The number of nitrogens with zero attached hydrogens (tertiary/aromatic N) is 3. The molecule has 1 heterocycles. The highest BCUT2D eigenvalue weighted by Gasteiger charge is 2.13. The fraction of sp³-hybridized carbons (Fsp3) is 0.296. The van der Waals surface area contributed by atoms with Gasteiger partial charge in [0, 0.05) is 5.69 Å². The molecule has 0 fully saturated rings.